The summed E-state index contributed by atoms with van der Waals surface area (Å²) in [5.74, 6) is -0.657. The van der Waals surface area contributed by atoms with Crippen LogP contribution in [0.15, 0.2) is 12.6 Å². The van der Waals surface area contributed by atoms with Gasteiger partial charge in [-0.1, -0.05) is 19.6 Å². The first-order chi connectivity index (χ1) is 21.9. The highest BCUT2D eigenvalue weighted by molar-refractivity contribution is 6.01. The number of piperazine rings is 1. The Morgan fingerprint density at radius 1 is 1.24 bits per heavy atom. The van der Waals surface area contributed by atoms with E-state index in [1.54, 1.807) is 0 Å². The van der Waals surface area contributed by atoms with Crippen LogP contribution in [0.25, 0.3) is 28.2 Å². The molecule has 4 aliphatic rings. The molecular formula is C33H38F5N7O. The van der Waals surface area contributed by atoms with Crippen LogP contribution in [0.4, 0.5) is 33.6 Å². The molecule has 2 aromatic heterocycles. The number of aryl methyl sites for hydroxylation is 2. The van der Waals surface area contributed by atoms with E-state index < -0.39 is 35.0 Å². The molecule has 3 N–H and O–H groups in total. The van der Waals surface area contributed by atoms with Crippen LogP contribution >= 0.6 is 0 Å². The second-order valence-corrected chi connectivity index (χ2v) is 13.1. The smallest absolute Gasteiger partial charge is 0.418 e. The number of benzene rings is 1. The first-order valence-electron chi connectivity index (χ1n) is 16.0. The summed E-state index contributed by atoms with van der Waals surface area (Å²) in [6, 6.07) is 1.20. The van der Waals surface area contributed by atoms with E-state index in [-0.39, 0.29) is 52.7 Å². The Balaban J connectivity index is 1.46. The summed E-state index contributed by atoms with van der Waals surface area (Å²) >= 11 is 0. The van der Waals surface area contributed by atoms with Gasteiger partial charge >= 0.3 is 12.2 Å². The number of nitrogen functional groups attached to an aromatic ring is 1. The molecule has 0 radical (unpaired) electrons. The average molecular weight is 644 g/mol. The van der Waals surface area contributed by atoms with Gasteiger partial charge in [0, 0.05) is 43.7 Å². The van der Waals surface area contributed by atoms with Gasteiger partial charge in [0.15, 0.2) is 5.82 Å². The normalized spacial score (nSPS) is 26.2. The van der Waals surface area contributed by atoms with E-state index in [2.05, 4.69) is 38.6 Å². The molecule has 0 aliphatic carbocycles. The summed E-state index contributed by atoms with van der Waals surface area (Å²) in [7, 11) is 0. The zero-order valence-electron chi connectivity index (χ0n) is 26.0. The Hall–Kier alpha value is -3.58. The number of ether oxygens (including phenoxy) is 1. The van der Waals surface area contributed by atoms with Crippen molar-refractivity contribution in [1.82, 2.24) is 25.2 Å². The van der Waals surface area contributed by atoms with Crippen LogP contribution in [-0.4, -0.2) is 76.4 Å². The minimum Gasteiger partial charge on any atom is -0.461 e. The number of nitrogens with one attached hydrogen (secondary N) is 1. The first kappa shape index (κ1) is 31.0. The van der Waals surface area contributed by atoms with Crippen molar-refractivity contribution in [3.63, 3.8) is 0 Å². The Kier molecular flexibility index (Phi) is 7.62. The van der Waals surface area contributed by atoms with Gasteiger partial charge in [0.25, 0.3) is 0 Å². The lowest BCUT2D eigenvalue weighted by Crippen LogP contribution is -2.56. The monoisotopic (exact) mass is 643 g/mol. The number of hydrogen-bond donors (Lipinski definition) is 2. The van der Waals surface area contributed by atoms with Crippen molar-refractivity contribution >= 4 is 28.6 Å². The lowest BCUT2D eigenvalue weighted by atomic mass is 9.89. The summed E-state index contributed by atoms with van der Waals surface area (Å²) < 4.78 is 81.4. The average Bonchev–Trinajstić information content (AvgIpc) is 3.47. The second kappa shape index (κ2) is 11.3. The van der Waals surface area contributed by atoms with E-state index in [1.807, 2.05) is 0 Å². The fourth-order valence-electron chi connectivity index (χ4n) is 8.23. The predicted molar refractivity (Wildman–Crippen MR) is 167 cm³/mol. The third kappa shape index (κ3) is 4.97. The second-order valence-electron chi connectivity index (χ2n) is 13.1. The minimum atomic E-state index is -4.83. The van der Waals surface area contributed by atoms with Crippen LogP contribution < -0.4 is 20.7 Å². The Labute approximate surface area is 264 Å². The predicted octanol–water partition coefficient (Wildman–Crippen LogP) is 5.84. The van der Waals surface area contributed by atoms with Crippen molar-refractivity contribution in [2.75, 3.05) is 43.4 Å². The summed E-state index contributed by atoms with van der Waals surface area (Å²) in [6.45, 7) is 9.78. The molecule has 8 nitrogen and oxygen atoms in total. The van der Waals surface area contributed by atoms with Crippen molar-refractivity contribution in [3.8, 4) is 17.3 Å². The van der Waals surface area contributed by atoms with Gasteiger partial charge in [-0.2, -0.15) is 23.1 Å². The zero-order valence-corrected chi connectivity index (χ0v) is 26.0. The highest BCUT2D eigenvalue weighted by Gasteiger charge is 2.49. The molecule has 0 unspecified atom stereocenters. The molecule has 7 rings (SSSR count). The summed E-state index contributed by atoms with van der Waals surface area (Å²) in [5, 5.41) is 4.01. The van der Waals surface area contributed by atoms with Gasteiger partial charge in [-0.05, 0) is 68.3 Å². The summed E-state index contributed by atoms with van der Waals surface area (Å²) in [4.78, 5) is 17.7. The number of alkyl halides is 4. The highest BCUT2D eigenvalue weighted by Crippen LogP contribution is 2.47. The fourth-order valence-corrected chi connectivity index (χ4v) is 8.23. The fraction of sp³-hybridized carbons (Fsp3) is 0.545. The molecule has 4 aliphatic heterocycles. The van der Waals surface area contributed by atoms with Crippen LogP contribution in [-0.2, 0) is 12.6 Å². The van der Waals surface area contributed by atoms with Gasteiger partial charge in [-0.3, -0.25) is 4.90 Å². The number of anilines is 2. The molecule has 0 saturated carbocycles. The molecule has 6 heterocycles. The van der Waals surface area contributed by atoms with E-state index in [4.69, 9.17) is 15.5 Å². The lowest BCUT2D eigenvalue weighted by Gasteiger charge is -2.40. The molecule has 0 amide bonds. The van der Waals surface area contributed by atoms with Crippen LogP contribution in [0.1, 0.15) is 61.3 Å². The van der Waals surface area contributed by atoms with E-state index in [9.17, 15) is 17.6 Å². The molecular weight excluding hydrogens is 605 g/mol. The number of pyridine rings is 1. The molecule has 246 valence electrons. The number of nitrogens with two attached hydrogens (primary N) is 1. The Morgan fingerprint density at radius 3 is 2.78 bits per heavy atom. The molecule has 0 spiro atoms. The molecule has 4 atom stereocenters. The number of halogens is 5. The van der Waals surface area contributed by atoms with E-state index in [1.165, 1.54) is 13.0 Å². The van der Waals surface area contributed by atoms with Gasteiger partial charge in [-0.25, -0.2) is 13.8 Å². The minimum absolute atomic E-state index is 0.00477. The molecule has 46 heavy (non-hydrogen) atoms. The highest BCUT2D eigenvalue weighted by atomic mass is 19.4. The summed E-state index contributed by atoms with van der Waals surface area (Å²) in [5.41, 5.74) is 3.95. The van der Waals surface area contributed by atoms with Gasteiger partial charge < -0.3 is 20.7 Å². The Bertz CT molecular complexity index is 1710. The third-order valence-corrected chi connectivity index (χ3v) is 10.4. The third-order valence-electron chi connectivity index (χ3n) is 10.4. The number of rotatable bonds is 6. The quantitative estimate of drug-likeness (QED) is 0.324. The van der Waals surface area contributed by atoms with Crippen molar-refractivity contribution in [2.45, 2.75) is 82.3 Å². The maximum absolute atomic E-state index is 17.1. The van der Waals surface area contributed by atoms with Crippen molar-refractivity contribution in [3.05, 3.63) is 40.7 Å². The molecule has 3 fully saturated rings. The van der Waals surface area contributed by atoms with E-state index >= 15 is 4.39 Å². The number of fused-ring (bicyclic) bond motifs is 3. The number of nitrogens with zero attached hydrogens (tertiary/aromatic N) is 5. The Morgan fingerprint density at radius 2 is 2.04 bits per heavy atom. The molecule has 13 heteroatoms. The van der Waals surface area contributed by atoms with Gasteiger partial charge in [0.1, 0.15) is 29.9 Å². The number of hydrogen-bond acceptors (Lipinski definition) is 8. The lowest BCUT2D eigenvalue weighted by molar-refractivity contribution is -0.137. The molecule has 3 aromatic rings. The number of aromatic nitrogens is 3. The topological polar surface area (TPSA) is 92.4 Å². The van der Waals surface area contributed by atoms with Crippen molar-refractivity contribution in [2.24, 2.45) is 0 Å². The van der Waals surface area contributed by atoms with Gasteiger partial charge in [0.05, 0.1) is 22.2 Å². The van der Waals surface area contributed by atoms with Crippen molar-refractivity contribution in [1.29, 1.82) is 0 Å². The standard InChI is InChI=1S/C33H38F5N7O/c1-4-19-15-45-20(13-40-19)7-8-22-21(5-2)24(28-26(33(36,37)38)17(3)11-23(39)41-28)27(35)29-25(22)30(45)43-31(42-29)46-16-32-9-6-10-44(32)14-18(34)12-32/h5,11,18-20,40H,2,4,6-10,12-16H2,1,3H3,(H2,39,41)/t18-,19-,20-,32+/m1/s1. The van der Waals surface area contributed by atoms with E-state index in [0.717, 1.165) is 31.9 Å². The molecule has 0 bridgehead atoms. The van der Waals surface area contributed by atoms with Crippen LogP contribution in [0.2, 0.25) is 0 Å². The van der Waals surface area contributed by atoms with Gasteiger partial charge in [0.2, 0.25) is 0 Å². The maximum atomic E-state index is 17.1. The van der Waals surface area contributed by atoms with E-state index in [0.29, 0.717) is 55.7 Å². The SMILES string of the molecule is C=Cc1c(-c2nc(N)cc(C)c2C(F)(F)F)c(F)c2nc(OC[C@@]34CCCN3C[C@H](F)C4)nc3c2c1CC[C@@H]1CN[C@H](CC)CN31. The first-order valence-corrected chi connectivity index (χ1v) is 16.0. The van der Waals surface area contributed by atoms with Crippen LogP contribution in [0.5, 0.6) is 6.01 Å². The zero-order chi connectivity index (χ0) is 32.5. The maximum Gasteiger partial charge on any atom is 0.418 e. The van der Waals surface area contributed by atoms with Crippen LogP contribution in [0.3, 0.4) is 0 Å². The van der Waals surface area contributed by atoms with Crippen LogP contribution in [0, 0.1) is 12.7 Å². The van der Waals surface area contributed by atoms with Gasteiger partial charge in [-0.15, -0.1) is 0 Å². The largest absolute Gasteiger partial charge is 0.461 e. The molecule has 3 saturated heterocycles. The van der Waals surface area contributed by atoms with Crippen molar-refractivity contribution < 1.29 is 26.7 Å². The summed E-state index contributed by atoms with van der Waals surface area (Å²) in [6.07, 6.45) is -0.458. The molecule has 1 aromatic carbocycles.